The molecule has 0 aliphatic carbocycles. The molecule has 30 heavy (non-hydrogen) atoms. The molecule has 1 unspecified atom stereocenters. The highest BCUT2D eigenvalue weighted by Gasteiger charge is 2.22. The number of imidazole rings is 1. The number of nitrogens with zero attached hydrogens (tertiary/aromatic N) is 2. The predicted octanol–water partition coefficient (Wildman–Crippen LogP) is 7.52. The van der Waals surface area contributed by atoms with Crippen molar-refractivity contribution in [3.05, 3.63) is 48.5 Å². The van der Waals surface area contributed by atoms with Crippen molar-refractivity contribution in [1.82, 2.24) is 9.55 Å². The molecule has 0 aliphatic rings. The van der Waals surface area contributed by atoms with E-state index < -0.39 is 11.9 Å². The Balaban J connectivity index is 1.64. The minimum absolute atomic E-state index is 0.462. The fraction of sp³-hybridized carbons (Fsp3) is 0.615. The number of hydrogen-bond acceptors (Lipinski definition) is 2. The normalized spacial score (nSPS) is 12.2. The third kappa shape index (κ3) is 8.73. The Morgan fingerprint density at radius 2 is 1.47 bits per heavy atom. The molecule has 1 aromatic heterocycles. The van der Waals surface area contributed by atoms with Crippen LogP contribution in [0.2, 0.25) is 0 Å². The van der Waals surface area contributed by atoms with Gasteiger partial charge >= 0.3 is 5.97 Å². The molecule has 0 fully saturated rings. The van der Waals surface area contributed by atoms with Gasteiger partial charge in [-0.05, 0) is 18.1 Å². The van der Waals surface area contributed by atoms with Crippen LogP contribution in [0.4, 0.5) is 0 Å². The Morgan fingerprint density at radius 3 is 2.00 bits per heavy atom. The van der Waals surface area contributed by atoms with Crippen molar-refractivity contribution in [1.29, 1.82) is 0 Å². The van der Waals surface area contributed by atoms with Crippen molar-refractivity contribution in [3.8, 4) is 5.69 Å². The number of carbonyl (C=O) groups is 1. The number of para-hydroxylation sites is 1. The molecule has 1 heterocycles. The van der Waals surface area contributed by atoms with E-state index in [1.165, 1.54) is 70.6 Å². The van der Waals surface area contributed by atoms with Gasteiger partial charge in [0.05, 0.1) is 17.9 Å². The molecule has 0 spiro atoms. The van der Waals surface area contributed by atoms with Gasteiger partial charge in [-0.1, -0.05) is 109 Å². The van der Waals surface area contributed by atoms with Crippen molar-refractivity contribution in [2.45, 2.75) is 103 Å². The van der Waals surface area contributed by atoms with Crippen LogP contribution in [0.3, 0.4) is 0 Å². The van der Waals surface area contributed by atoms with Crippen LogP contribution >= 0.6 is 0 Å². The molecule has 0 aliphatic heterocycles. The van der Waals surface area contributed by atoms with E-state index in [2.05, 4.69) is 11.9 Å². The van der Waals surface area contributed by atoms with Gasteiger partial charge in [-0.15, -0.1) is 0 Å². The average molecular weight is 413 g/mol. The fourth-order valence-electron chi connectivity index (χ4n) is 4.20. The first kappa shape index (κ1) is 24.2. The van der Waals surface area contributed by atoms with Crippen molar-refractivity contribution >= 4 is 5.97 Å². The molecule has 0 bridgehead atoms. The van der Waals surface area contributed by atoms with Gasteiger partial charge < -0.3 is 9.67 Å². The molecule has 4 heteroatoms. The number of aromatic nitrogens is 2. The molecule has 0 saturated heterocycles. The molecule has 0 amide bonds. The molecule has 1 atom stereocenters. The summed E-state index contributed by atoms with van der Waals surface area (Å²) in [6.45, 7) is 2.27. The molecule has 0 saturated carbocycles. The van der Waals surface area contributed by atoms with Gasteiger partial charge in [-0.3, -0.25) is 4.79 Å². The SMILES string of the molecule is CCCCCCCCCCCCCCCC(C(=O)O)c1ccccc1-n1ccnc1. The van der Waals surface area contributed by atoms with Crippen LogP contribution in [-0.2, 0) is 4.79 Å². The number of aliphatic carboxylic acids is 1. The summed E-state index contributed by atoms with van der Waals surface area (Å²) in [6.07, 6.45) is 22.9. The van der Waals surface area contributed by atoms with Gasteiger partial charge in [0, 0.05) is 12.4 Å². The summed E-state index contributed by atoms with van der Waals surface area (Å²) < 4.78 is 1.90. The number of carboxylic acids is 1. The fourth-order valence-corrected chi connectivity index (χ4v) is 4.20. The average Bonchev–Trinajstić information content (AvgIpc) is 3.29. The van der Waals surface area contributed by atoms with Crippen LogP contribution in [-0.4, -0.2) is 20.6 Å². The van der Waals surface area contributed by atoms with Crippen molar-refractivity contribution in [2.75, 3.05) is 0 Å². The van der Waals surface area contributed by atoms with E-state index >= 15 is 0 Å². The van der Waals surface area contributed by atoms with Gasteiger partial charge in [0.25, 0.3) is 0 Å². The molecule has 1 aromatic carbocycles. The quantitative estimate of drug-likeness (QED) is 0.273. The second-order valence-corrected chi connectivity index (χ2v) is 8.45. The zero-order valence-electron chi connectivity index (χ0n) is 18.8. The molecular formula is C26H40N2O2. The van der Waals surface area contributed by atoms with Crippen molar-refractivity contribution < 1.29 is 9.90 Å². The standard InChI is InChI=1S/C26H40N2O2/c1-2-3-4-5-6-7-8-9-10-11-12-13-14-18-24(26(29)30)23-17-15-16-19-25(23)28-21-20-27-22-28/h15-17,19-22,24H,2-14,18H2,1H3,(H,29,30). The Bertz CT molecular complexity index is 697. The molecule has 4 nitrogen and oxygen atoms in total. The summed E-state index contributed by atoms with van der Waals surface area (Å²) >= 11 is 0. The second kappa shape index (κ2) is 14.8. The van der Waals surface area contributed by atoms with E-state index in [1.54, 1.807) is 12.5 Å². The highest BCUT2D eigenvalue weighted by Crippen LogP contribution is 2.28. The summed E-state index contributed by atoms with van der Waals surface area (Å²) in [5.41, 5.74) is 1.79. The molecule has 166 valence electrons. The Morgan fingerprint density at radius 1 is 0.900 bits per heavy atom. The lowest BCUT2D eigenvalue weighted by Gasteiger charge is -2.17. The maximum Gasteiger partial charge on any atom is 0.311 e. The highest BCUT2D eigenvalue weighted by molar-refractivity contribution is 5.77. The summed E-state index contributed by atoms with van der Waals surface area (Å²) in [7, 11) is 0. The third-order valence-corrected chi connectivity index (χ3v) is 5.99. The Kier molecular flexibility index (Phi) is 11.9. The van der Waals surface area contributed by atoms with E-state index in [4.69, 9.17) is 0 Å². The first-order chi connectivity index (χ1) is 14.7. The number of benzene rings is 1. The minimum atomic E-state index is -0.735. The Hall–Kier alpha value is -2.10. The van der Waals surface area contributed by atoms with Crippen LogP contribution in [0.5, 0.6) is 0 Å². The zero-order chi connectivity index (χ0) is 21.4. The van der Waals surface area contributed by atoms with Crippen LogP contribution in [0.1, 0.15) is 108 Å². The van der Waals surface area contributed by atoms with E-state index in [0.29, 0.717) is 6.42 Å². The topological polar surface area (TPSA) is 55.1 Å². The predicted molar refractivity (Wildman–Crippen MR) is 124 cm³/mol. The van der Waals surface area contributed by atoms with Gasteiger partial charge in [0.2, 0.25) is 0 Å². The van der Waals surface area contributed by atoms with E-state index in [1.807, 2.05) is 35.0 Å². The Labute approximate surface area is 182 Å². The van der Waals surface area contributed by atoms with Crippen LogP contribution < -0.4 is 0 Å². The summed E-state index contributed by atoms with van der Waals surface area (Å²) in [6, 6.07) is 7.78. The number of unbranched alkanes of at least 4 members (excludes halogenated alkanes) is 12. The lowest BCUT2D eigenvalue weighted by atomic mass is 9.91. The van der Waals surface area contributed by atoms with Gasteiger partial charge in [0.1, 0.15) is 0 Å². The van der Waals surface area contributed by atoms with Crippen molar-refractivity contribution in [3.63, 3.8) is 0 Å². The smallest absolute Gasteiger partial charge is 0.311 e. The van der Waals surface area contributed by atoms with Crippen LogP contribution in [0.25, 0.3) is 5.69 Å². The summed E-state index contributed by atoms with van der Waals surface area (Å²) in [4.78, 5) is 16.0. The second-order valence-electron chi connectivity index (χ2n) is 8.45. The molecule has 2 rings (SSSR count). The lowest BCUT2D eigenvalue weighted by Crippen LogP contribution is -2.14. The van der Waals surface area contributed by atoms with Gasteiger partial charge in [-0.2, -0.15) is 0 Å². The zero-order valence-corrected chi connectivity index (χ0v) is 18.8. The molecule has 2 aromatic rings. The molecular weight excluding hydrogens is 372 g/mol. The summed E-state index contributed by atoms with van der Waals surface area (Å²) in [5.74, 6) is -1.20. The number of carboxylic acid groups (broad SMARTS) is 1. The number of hydrogen-bond donors (Lipinski definition) is 1. The van der Waals surface area contributed by atoms with E-state index in [-0.39, 0.29) is 0 Å². The van der Waals surface area contributed by atoms with Gasteiger partial charge in [0.15, 0.2) is 0 Å². The maximum atomic E-state index is 11.9. The minimum Gasteiger partial charge on any atom is -0.481 e. The molecule has 1 N–H and O–H groups in total. The lowest BCUT2D eigenvalue weighted by molar-refractivity contribution is -0.139. The molecule has 0 radical (unpaired) electrons. The van der Waals surface area contributed by atoms with Crippen LogP contribution in [0, 0.1) is 0 Å². The first-order valence-corrected chi connectivity index (χ1v) is 12.0. The highest BCUT2D eigenvalue weighted by atomic mass is 16.4. The van der Waals surface area contributed by atoms with Crippen LogP contribution in [0.15, 0.2) is 43.0 Å². The largest absolute Gasteiger partial charge is 0.481 e. The van der Waals surface area contributed by atoms with E-state index in [9.17, 15) is 9.90 Å². The maximum absolute atomic E-state index is 11.9. The monoisotopic (exact) mass is 412 g/mol. The van der Waals surface area contributed by atoms with Gasteiger partial charge in [-0.25, -0.2) is 4.98 Å². The number of rotatable bonds is 17. The third-order valence-electron chi connectivity index (χ3n) is 5.99. The summed E-state index contributed by atoms with van der Waals surface area (Å²) in [5, 5.41) is 9.81. The van der Waals surface area contributed by atoms with Crippen molar-refractivity contribution in [2.24, 2.45) is 0 Å². The first-order valence-electron chi connectivity index (χ1n) is 12.0. The van der Waals surface area contributed by atoms with E-state index in [0.717, 1.165) is 24.1 Å².